The predicted octanol–water partition coefficient (Wildman–Crippen LogP) is 2.70. The minimum Gasteiger partial charge on any atom is -0.460 e. The van der Waals surface area contributed by atoms with Gasteiger partial charge >= 0.3 is 11.9 Å². The first-order chi connectivity index (χ1) is 16.7. The van der Waals surface area contributed by atoms with Gasteiger partial charge in [0.05, 0.1) is 12.0 Å². The van der Waals surface area contributed by atoms with Crippen LogP contribution in [0.25, 0.3) is 0 Å². The lowest BCUT2D eigenvalue weighted by molar-refractivity contribution is -0.165. The Morgan fingerprint density at radius 1 is 1.17 bits per heavy atom. The zero-order valence-corrected chi connectivity index (χ0v) is 23.7. The topological polar surface area (TPSA) is 123 Å². The summed E-state index contributed by atoms with van der Waals surface area (Å²) in [7, 11) is 1.48. The van der Waals surface area contributed by atoms with Crippen LogP contribution in [0.1, 0.15) is 47.5 Å². The number of carbonyl (C=O) groups excluding carboxylic acids is 4. The van der Waals surface area contributed by atoms with Crippen molar-refractivity contribution < 1.29 is 33.4 Å². The summed E-state index contributed by atoms with van der Waals surface area (Å²) in [5, 5.41) is 3.84. The summed E-state index contributed by atoms with van der Waals surface area (Å²) in [4.78, 5) is 50.8. The second-order valence-corrected chi connectivity index (χ2v) is 11.4. The Morgan fingerprint density at radius 3 is 2.33 bits per heavy atom. The van der Waals surface area contributed by atoms with Gasteiger partial charge in [-0.05, 0) is 39.5 Å². The number of ether oxygens (including phenoxy) is 3. The number of allylic oxidation sites excluding steroid dienone is 1. The van der Waals surface area contributed by atoms with Crippen molar-refractivity contribution in [3.05, 3.63) is 12.2 Å². The number of nitrogens with one attached hydrogen (secondary N) is 2. The summed E-state index contributed by atoms with van der Waals surface area (Å²) in [5.41, 5.74) is 2.80. The summed E-state index contributed by atoms with van der Waals surface area (Å²) >= 11 is 16.8. The van der Waals surface area contributed by atoms with Gasteiger partial charge in [-0.25, -0.2) is 5.43 Å². The van der Waals surface area contributed by atoms with Crippen molar-refractivity contribution >= 4 is 58.6 Å². The van der Waals surface area contributed by atoms with Crippen molar-refractivity contribution in [3.8, 4) is 0 Å². The zero-order valence-electron chi connectivity index (χ0n) is 21.4. The number of hydrogen-bond donors (Lipinski definition) is 2. The number of amides is 2. The van der Waals surface area contributed by atoms with E-state index in [1.165, 1.54) is 19.0 Å². The molecule has 0 bridgehead atoms. The molecule has 0 aromatic heterocycles. The maximum atomic E-state index is 12.9. The summed E-state index contributed by atoms with van der Waals surface area (Å²) in [6.07, 6.45) is 2.81. The van der Waals surface area contributed by atoms with E-state index >= 15 is 0 Å². The van der Waals surface area contributed by atoms with Crippen LogP contribution >= 0.6 is 34.8 Å². The Labute approximate surface area is 227 Å². The number of hydrogen-bond acceptors (Lipinski definition) is 8. The van der Waals surface area contributed by atoms with Crippen LogP contribution in [-0.4, -0.2) is 77.1 Å². The van der Waals surface area contributed by atoms with E-state index in [2.05, 4.69) is 10.7 Å². The minimum atomic E-state index is -1.75. The molecule has 10 nitrogen and oxygen atoms in total. The summed E-state index contributed by atoms with van der Waals surface area (Å²) in [5.74, 6) is -3.34. The lowest BCUT2D eigenvalue weighted by atomic mass is 10.0. The fourth-order valence-corrected chi connectivity index (χ4v) is 3.62. The molecule has 2 amide bonds. The van der Waals surface area contributed by atoms with Crippen LogP contribution in [0.15, 0.2) is 12.2 Å². The van der Waals surface area contributed by atoms with Gasteiger partial charge in [0.2, 0.25) is 3.79 Å². The van der Waals surface area contributed by atoms with Crippen LogP contribution < -0.4 is 10.7 Å². The van der Waals surface area contributed by atoms with Crippen LogP contribution in [0.4, 0.5) is 0 Å². The molecule has 1 aliphatic heterocycles. The molecule has 1 rings (SSSR count). The third-order valence-electron chi connectivity index (χ3n) is 5.47. The molecule has 13 heteroatoms. The number of hydrazine groups is 1. The average molecular weight is 573 g/mol. The summed E-state index contributed by atoms with van der Waals surface area (Å²) in [6.45, 7) is 8.30. The molecular formula is C23H36Cl3N3O7. The minimum absolute atomic E-state index is 0.316. The van der Waals surface area contributed by atoms with Crippen LogP contribution in [0.5, 0.6) is 0 Å². The highest BCUT2D eigenvalue weighted by Crippen LogP contribution is 2.26. The van der Waals surface area contributed by atoms with E-state index in [0.717, 1.165) is 0 Å². The number of carbonyl (C=O) groups is 4. The molecule has 5 unspecified atom stereocenters. The monoisotopic (exact) mass is 571 g/mol. The molecule has 1 heterocycles. The van der Waals surface area contributed by atoms with E-state index < -0.39 is 64.4 Å². The highest BCUT2D eigenvalue weighted by Gasteiger charge is 2.35. The van der Waals surface area contributed by atoms with E-state index in [1.54, 1.807) is 39.8 Å². The maximum Gasteiger partial charge on any atom is 0.325 e. The smallest absolute Gasteiger partial charge is 0.325 e. The lowest BCUT2D eigenvalue weighted by Gasteiger charge is -2.34. The molecule has 0 radical (unpaired) electrons. The zero-order chi connectivity index (χ0) is 27.6. The number of nitrogens with zero attached hydrogens (tertiary/aromatic N) is 1. The molecule has 0 aromatic carbocycles. The molecule has 0 spiro atoms. The molecule has 1 fully saturated rings. The summed E-state index contributed by atoms with van der Waals surface area (Å²) < 4.78 is 14.0. The standard InChI is InChI=1S/C23H36Cl3N3O7/c1-7-9-17(34-6)14(4)21(32)36-18(13(2)3)19(30)27-15(5)20(31)29-11-8-10-16(28-29)22(33)35-12-23(24,25)26/h7,9,13-18,28H,8,10-12H2,1-6H3,(H,27,30). The molecule has 1 aliphatic rings. The highest BCUT2D eigenvalue weighted by molar-refractivity contribution is 6.67. The van der Waals surface area contributed by atoms with Crippen molar-refractivity contribution in [1.29, 1.82) is 0 Å². The molecule has 0 aromatic rings. The van der Waals surface area contributed by atoms with Gasteiger partial charge in [0.1, 0.15) is 18.7 Å². The van der Waals surface area contributed by atoms with Gasteiger partial charge in [-0.3, -0.25) is 24.2 Å². The Balaban J connectivity index is 2.76. The van der Waals surface area contributed by atoms with Crippen LogP contribution in [0, 0.1) is 11.8 Å². The van der Waals surface area contributed by atoms with Gasteiger partial charge in [-0.15, -0.1) is 0 Å². The fraction of sp³-hybridized carbons (Fsp3) is 0.739. The van der Waals surface area contributed by atoms with Gasteiger partial charge in [0.25, 0.3) is 11.8 Å². The summed E-state index contributed by atoms with van der Waals surface area (Å²) in [6, 6.07) is -1.78. The van der Waals surface area contributed by atoms with Crippen LogP contribution in [-0.2, 0) is 33.4 Å². The molecule has 0 saturated carbocycles. The van der Waals surface area contributed by atoms with Crippen molar-refractivity contribution in [2.24, 2.45) is 11.8 Å². The second-order valence-electron chi connectivity index (χ2n) is 8.88. The Hall–Kier alpha value is -1.59. The van der Waals surface area contributed by atoms with Gasteiger partial charge < -0.3 is 19.5 Å². The fourth-order valence-electron chi connectivity index (χ4n) is 3.46. The maximum absolute atomic E-state index is 12.9. The first kappa shape index (κ1) is 32.4. The van der Waals surface area contributed by atoms with Crippen LogP contribution in [0.2, 0.25) is 0 Å². The number of rotatable bonds is 11. The SMILES string of the molecule is CC=CC(OC)C(C)C(=O)OC(C(=O)NC(C)C(=O)N1CCCC(C(=O)OCC(Cl)(Cl)Cl)N1)C(C)C. The molecule has 0 aliphatic carbocycles. The molecule has 206 valence electrons. The van der Waals surface area contributed by atoms with E-state index in [9.17, 15) is 19.2 Å². The molecule has 2 N–H and O–H groups in total. The lowest BCUT2D eigenvalue weighted by Crippen LogP contribution is -2.60. The van der Waals surface area contributed by atoms with Crippen molar-refractivity contribution in [1.82, 2.24) is 15.8 Å². The van der Waals surface area contributed by atoms with Gasteiger partial charge in [0.15, 0.2) is 6.10 Å². The van der Waals surface area contributed by atoms with Gasteiger partial charge in [0, 0.05) is 13.7 Å². The number of methoxy groups -OCH3 is 1. The second kappa shape index (κ2) is 15.0. The first-order valence-corrected chi connectivity index (χ1v) is 12.8. The third-order valence-corrected chi connectivity index (χ3v) is 5.80. The predicted molar refractivity (Wildman–Crippen MR) is 136 cm³/mol. The molecule has 5 atom stereocenters. The highest BCUT2D eigenvalue weighted by atomic mass is 35.6. The number of alkyl halides is 3. The molecule has 36 heavy (non-hydrogen) atoms. The van der Waals surface area contributed by atoms with E-state index in [4.69, 9.17) is 49.0 Å². The van der Waals surface area contributed by atoms with E-state index in [0.29, 0.717) is 19.4 Å². The molecular weight excluding hydrogens is 537 g/mol. The molecule has 1 saturated heterocycles. The number of esters is 2. The van der Waals surface area contributed by atoms with Crippen LogP contribution in [0.3, 0.4) is 0 Å². The quantitative estimate of drug-likeness (QED) is 0.220. The van der Waals surface area contributed by atoms with Crippen molar-refractivity contribution in [2.45, 2.75) is 75.5 Å². The van der Waals surface area contributed by atoms with Gasteiger partial charge in [-0.1, -0.05) is 60.8 Å². The van der Waals surface area contributed by atoms with Crippen molar-refractivity contribution in [3.63, 3.8) is 0 Å². The van der Waals surface area contributed by atoms with E-state index in [-0.39, 0.29) is 5.92 Å². The Morgan fingerprint density at radius 2 is 1.81 bits per heavy atom. The van der Waals surface area contributed by atoms with Gasteiger partial charge in [-0.2, -0.15) is 0 Å². The normalized spacial score (nSPS) is 19.9. The number of halogens is 3. The van der Waals surface area contributed by atoms with Crippen molar-refractivity contribution in [2.75, 3.05) is 20.3 Å². The largest absolute Gasteiger partial charge is 0.460 e. The first-order valence-electron chi connectivity index (χ1n) is 11.7. The van der Waals surface area contributed by atoms with E-state index in [1.807, 2.05) is 0 Å². The Kier molecular flexibility index (Phi) is 13.5. The Bertz CT molecular complexity index is 804. The average Bonchev–Trinajstić information content (AvgIpc) is 2.82. The third kappa shape index (κ3) is 10.4.